The molecule has 1 aliphatic carbocycles. The van der Waals surface area contributed by atoms with E-state index in [1.165, 1.54) is 0 Å². The molecule has 1 amide bonds. The normalized spacial score (nSPS) is 26.6. The van der Waals surface area contributed by atoms with E-state index in [9.17, 15) is 4.79 Å². The molecular weight excluding hydrogens is 306 g/mol. The first-order chi connectivity index (χ1) is 11.6. The number of nitrogens with one attached hydrogen (secondary N) is 2. The van der Waals surface area contributed by atoms with Crippen LogP contribution in [0, 0.1) is 18.8 Å². The Balaban J connectivity index is 1.47. The number of anilines is 1. The number of hydrogen-bond donors (Lipinski definition) is 3. The number of hydrogen-bond acceptors (Lipinski definition) is 5. The van der Waals surface area contributed by atoms with Crippen LogP contribution in [0.2, 0.25) is 0 Å². The maximum atomic E-state index is 11.7. The monoisotopic (exact) mass is 329 g/mol. The van der Waals surface area contributed by atoms with Crippen LogP contribution in [0.15, 0.2) is 12.3 Å². The van der Waals surface area contributed by atoms with E-state index in [2.05, 4.69) is 20.3 Å². The molecule has 7 nitrogen and oxygen atoms in total. The zero-order valence-corrected chi connectivity index (χ0v) is 13.8. The van der Waals surface area contributed by atoms with Crippen LogP contribution in [0.5, 0.6) is 0 Å². The number of aromatic amines is 1. The molecule has 1 saturated carbocycles. The minimum absolute atomic E-state index is 0.144. The van der Waals surface area contributed by atoms with Gasteiger partial charge in [0.25, 0.3) is 0 Å². The second-order valence-corrected chi connectivity index (χ2v) is 6.99. The summed E-state index contributed by atoms with van der Waals surface area (Å²) in [4.78, 5) is 25.7. The molecular formula is C17H23N5O2. The second kappa shape index (κ2) is 6.05. The van der Waals surface area contributed by atoms with E-state index in [1.807, 2.05) is 24.1 Å². The minimum Gasteiger partial charge on any atom is -0.387 e. The molecule has 0 aromatic carbocycles. The van der Waals surface area contributed by atoms with E-state index in [0.29, 0.717) is 17.9 Å². The summed E-state index contributed by atoms with van der Waals surface area (Å²) in [5, 5.41) is 13.7. The number of nitrogens with zero attached hydrogens (tertiary/aromatic N) is 3. The average Bonchev–Trinajstić information content (AvgIpc) is 3.19. The van der Waals surface area contributed by atoms with Crippen molar-refractivity contribution < 1.29 is 9.90 Å². The molecule has 2 aromatic rings. The Labute approximate surface area is 140 Å². The van der Waals surface area contributed by atoms with Crippen molar-refractivity contribution in [2.24, 2.45) is 11.8 Å². The van der Waals surface area contributed by atoms with Crippen molar-refractivity contribution in [3.05, 3.63) is 18.1 Å². The summed E-state index contributed by atoms with van der Waals surface area (Å²) in [5.74, 6) is 2.58. The van der Waals surface area contributed by atoms with E-state index in [0.717, 1.165) is 55.0 Å². The van der Waals surface area contributed by atoms with Gasteiger partial charge in [-0.3, -0.25) is 4.79 Å². The first kappa shape index (κ1) is 15.4. The number of rotatable bonds is 3. The van der Waals surface area contributed by atoms with Gasteiger partial charge in [0.05, 0.1) is 5.39 Å². The first-order valence-corrected chi connectivity index (χ1v) is 8.61. The van der Waals surface area contributed by atoms with Gasteiger partial charge in [0, 0.05) is 25.3 Å². The number of H-pyrrole nitrogens is 1. The van der Waals surface area contributed by atoms with Crippen LogP contribution >= 0.6 is 0 Å². The van der Waals surface area contributed by atoms with Gasteiger partial charge < -0.3 is 20.3 Å². The molecule has 1 aliphatic heterocycles. The van der Waals surface area contributed by atoms with Gasteiger partial charge in [-0.05, 0) is 44.1 Å². The topological polar surface area (TPSA) is 94.1 Å². The number of likely N-dealkylation sites (tertiary alicyclic amines) is 1. The van der Waals surface area contributed by atoms with Crippen molar-refractivity contribution in [3.8, 4) is 0 Å². The van der Waals surface area contributed by atoms with Crippen molar-refractivity contribution in [3.63, 3.8) is 0 Å². The van der Waals surface area contributed by atoms with Gasteiger partial charge >= 0.3 is 0 Å². The molecule has 7 heteroatoms. The average molecular weight is 329 g/mol. The van der Waals surface area contributed by atoms with E-state index in [4.69, 9.17) is 5.11 Å². The quantitative estimate of drug-likeness (QED) is 0.789. The Morgan fingerprint density at radius 1 is 1.38 bits per heavy atom. The fourth-order valence-corrected chi connectivity index (χ4v) is 4.22. The van der Waals surface area contributed by atoms with Crippen molar-refractivity contribution >= 4 is 22.8 Å². The van der Waals surface area contributed by atoms with Gasteiger partial charge in [0.2, 0.25) is 5.91 Å². The number of aliphatic hydroxyl groups excluding tert-OH is 1. The number of aliphatic hydroxyl groups is 1. The highest BCUT2D eigenvalue weighted by atomic mass is 16.3. The van der Waals surface area contributed by atoms with Gasteiger partial charge in [-0.15, -0.1) is 0 Å². The number of amides is 1. The molecule has 2 aliphatic rings. The van der Waals surface area contributed by atoms with Gasteiger partial charge in [-0.1, -0.05) is 0 Å². The van der Waals surface area contributed by atoms with E-state index in [1.54, 1.807) is 0 Å². The summed E-state index contributed by atoms with van der Waals surface area (Å²) >= 11 is 0. The van der Waals surface area contributed by atoms with E-state index in [-0.39, 0.29) is 12.5 Å². The van der Waals surface area contributed by atoms with Gasteiger partial charge in [0.15, 0.2) is 0 Å². The lowest BCUT2D eigenvalue weighted by Gasteiger charge is -2.31. The molecule has 3 atom stereocenters. The largest absolute Gasteiger partial charge is 0.387 e. The minimum atomic E-state index is -0.382. The van der Waals surface area contributed by atoms with Crippen LogP contribution in [0.1, 0.15) is 25.1 Å². The number of carbonyl (C=O) groups is 1. The highest BCUT2D eigenvalue weighted by molar-refractivity contribution is 5.87. The lowest BCUT2D eigenvalue weighted by atomic mass is 9.79. The molecule has 24 heavy (non-hydrogen) atoms. The first-order valence-electron chi connectivity index (χ1n) is 8.61. The predicted molar refractivity (Wildman–Crippen MR) is 90.5 cm³/mol. The third-order valence-corrected chi connectivity index (χ3v) is 5.41. The Morgan fingerprint density at radius 2 is 2.21 bits per heavy atom. The molecule has 1 saturated heterocycles. The highest BCUT2D eigenvalue weighted by Crippen LogP contribution is 2.37. The Hall–Kier alpha value is -2.15. The number of fused-ring (bicyclic) bond motifs is 2. The van der Waals surface area contributed by atoms with Crippen molar-refractivity contribution in [2.75, 3.05) is 25.0 Å². The summed E-state index contributed by atoms with van der Waals surface area (Å²) in [6, 6.07) is 2.36. The summed E-state index contributed by atoms with van der Waals surface area (Å²) in [6.45, 7) is 3.08. The fourth-order valence-electron chi connectivity index (χ4n) is 4.22. The third-order valence-electron chi connectivity index (χ3n) is 5.41. The van der Waals surface area contributed by atoms with Crippen LogP contribution in [0.3, 0.4) is 0 Å². The summed E-state index contributed by atoms with van der Waals surface area (Å²) in [6.07, 6.45) is 5.11. The van der Waals surface area contributed by atoms with Crippen molar-refractivity contribution in [1.82, 2.24) is 19.9 Å². The van der Waals surface area contributed by atoms with Crippen molar-refractivity contribution in [2.45, 2.75) is 32.2 Å². The second-order valence-electron chi connectivity index (χ2n) is 6.99. The van der Waals surface area contributed by atoms with Crippen LogP contribution in [0.4, 0.5) is 5.82 Å². The summed E-state index contributed by atoms with van der Waals surface area (Å²) in [7, 11) is 0. The van der Waals surface area contributed by atoms with Gasteiger partial charge in [-0.25, -0.2) is 9.97 Å². The summed E-state index contributed by atoms with van der Waals surface area (Å²) < 4.78 is 0. The number of aromatic nitrogens is 3. The zero-order chi connectivity index (χ0) is 16.7. The SMILES string of the molecule is Cc1nc(N[C@@H]2CC[C@H]3CN(C(=O)CO)C[C@H]3C2)c2cc[nH]c2n1. The van der Waals surface area contributed by atoms with Crippen LogP contribution in [0.25, 0.3) is 11.0 Å². The maximum absolute atomic E-state index is 11.7. The Bertz CT molecular complexity index is 759. The predicted octanol–water partition coefficient (Wildman–Crippen LogP) is 1.30. The van der Waals surface area contributed by atoms with E-state index < -0.39 is 0 Å². The van der Waals surface area contributed by atoms with E-state index >= 15 is 0 Å². The molecule has 3 N–H and O–H groups in total. The molecule has 4 rings (SSSR count). The van der Waals surface area contributed by atoms with Crippen LogP contribution < -0.4 is 5.32 Å². The van der Waals surface area contributed by atoms with Gasteiger partial charge in [0.1, 0.15) is 23.9 Å². The Kier molecular flexibility index (Phi) is 3.88. The lowest BCUT2D eigenvalue weighted by Crippen LogP contribution is -2.32. The molecule has 0 radical (unpaired) electrons. The number of aryl methyl sites for hydroxylation is 1. The molecule has 0 spiro atoms. The fraction of sp³-hybridized carbons (Fsp3) is 0.588. The molecule has 0 unspecified atom stereocenters. The third kappa shape index (κ3) is 2.73. The molecule has 2 fully saturated rings. The van der Waals surface area contributed by atoms with Crippen LogP contribution in [-0.2, 0) is 4.79 Å². The standard InChI is InChI=1S/C17H23N5O2/c1-10-19-16-14(4-5-18-16)17(20-10)21-13-3-2-11-7-22(15(24)9-23)8-12(11)6-13/h4-5,11-13,23H,2-3,6-9H2,1H3,(H2,18,19,20,21)/t11-,12+,13+/m0/s1. The summed E-state index contributed by atoms with van der Waals surface area (Å²) in [5.41, 5.74) is 0.860. The molecule has 2 aromatic heterocycles. The smallest absolute Gasteiger partial charge is 0.248 e. The Morgan fingerprint density at radius 3 is 3.04 bits per heavy atom. The molecule has 3 heterocycles. The van der Waals surface area contributed by atoms with Gasteiger partial charge in [-0.2, -0.15) is 0 Å². The highest BCUT2D eigenvalue weighted by Gasteiger charge is 2.39. The van der Waals surface area contributed by atoms with Crippen LogP contribution in [-0.4, -0.2) is 56.6 Å². The van der Waals surface area contributed by atoms with Crippen molar-refractivity contribution in [1.29, 1.82) is 0 Å². The molecule has 128 valence electrons. The number of carbonyl (C=O) groups excluding carboxylic acids is 1. The zero-order valence-electron chi connectivity index (χ0n) is 13.8. The maximum Gasteiger partial charge on any atom is 0.248 e. The molecule has 0 bridgehead atoms. The lowest BCUT2D eigenvalue weighted by molar-refractivity contribution is -0.133.